The van der Waals surface area contributed by atoms with Crippen molar-refractivity contribution in [2.45, 2.75) is 44.6 Å². The Labute approximate surface area is 128 Å². The molecule has 1 unspecified atom stereocenters. The lowest BCUT2D eigenvalue weighted by Crippen LogP contribution is -2.33. The van der Waals surface area contributed by atoms with Gasteiger partial charge in [0.25, 0.3) is 5.91 Å². The van der Waals surface area contributed by atoms with Crippen molar-refractivity contribution < 1.29 is 4.79 Å². The second-order valence-corrected chi connectivity index (χ2v) is 5.61. The first kappa shape index (κ1) is 17.1. The molecule has 0 fully saturated rings. The lowest BCUT2D eigenvalue weighted by atomic mass is 10.1. The maximum atomic E-state index is 12.1. The van der Waals surface area contributed by atoms with Gasteiger partial charge in [-0.1, -0.05) is 19.9 Å². The minimum absolute atomic E-state index is 0.0174. The van der Waals surface area contributed by atoms with Gasteiger partial charge in [-0.15, -0.1) is 12.6 Å². The van der Waals surface area contributed by atoms with Crippen LogP contribution in [0.5, 0.6) is 0 Å². The maximum absolute atomic E-state index is 12.1. The van der Waals surface area contributed by atoms with E-state index in [1.54, 1.807) is 6.07 Å². The van der Waals surface area contributed by atoms with E-state index >= 15 is 0 Å². The molecule has 112 valence electrons. The summed E-state index contributed by atoms with van der Waals surface area (Å²) in [5, 5.41) is 3.04. The number of carbonyl (C=O) groups is 1. The Balaban J connectivity index is 2.35. The molecule has 0 saturated heterocycles. The number of amides is 1. The van der Waals surface area contributed by atoms with Crippen LogP contribution < -0.4 is 5.32 Å². The number of thiol groups is 1. The van der Waals surface area contributed by atoms with Crippen LogP contribution in [0, 0.1) is 0 Å². The molecular formula is C16H26N2OS. The Morgan fingerprint density at radius 1 is 1.35 bits per heavy atom. The second kappa shape index (κ2) is 9.03. The SMILES string of the molecule is CCN(CC)CCCC(C)NC(=O)c1cccc(S)c1. The van der Waals surface area contributed by atoms with Crippen LogP contribution in [0.2, 0.25) is 0 Å². The van der Waals surface area contributed by atoms with Crippen molar-refractivity contribution in [2.75, 3.05) is 19.6 Å². The monoisotopic (exact) mass is 294 g/mol. The van der Waals surface area contributed by atoms with Crippen molar-refractivity contribution in [3.05, 3.63) is 29.8 Å². The van der Waals surface area contributed by atoms with Crippen molar-refractivity contribution >= 4 is 18.5 Å². The van der Waals surface area contributed by atoms with Gasteiger partial charge in [-0.05, 0) is 57.6 Å². The molecule has 0 aliphatic carbocycles. The van der Waals surface area contributed by atoms with Crippen molar-refractivity contribution in [1.82, 2.24) is 10.2 Å². The molecule has 1 atom stereocenters. The summed E-state index contributed by atoms with van der Waals surface area (Å²) in [5.74, 6) is -0.0174. The van der Waals surface area contributed by atoms with Gasteiger partial charge in [-0.25, -0.2) is 0 Å². The van der Waals surface area contributed by atoms with E-state index in [-0.39, 0.29) is 11.9 Å². The van der Waals surface area contributed by atoms with Gasteiger partial charge in [0.1, 0.15) is 0 Å². The fourth-order valence-electron chi connectivity index (χ4n) is 2.19. The minimum atomic E-state index is -0.0174. The van der Waals surface area contributed by atoms with E-state index < -0.39 is 0 Å². The molecule has 0 aliphatic heterocycles. The second-order valence-electron chi connectivity index (χ2n) is 5.09. The third-order valence-corrected chi connectivity index (χ3v) is 3.77. The van der Waals surface area contributed by atoms with Gasteiger partial charge in [0.15, 0.2) is 0 Å². The summed E-state index contributed by atoms with van der Waals surface area (Å²) in [5.41, 5.74) is 0.674. The normalized spacial score (nSPS) is 12.4. The summed E-state index contributed by atoms with van der Waals surface area (Å²) < 4.78 is 0. The van der Waals surface area contributed by atoms with Crippen LogP contribution in [0.25, 0.3) is 0 Å². The molecule has 0 saturated carbocycles. The first-order chi connectivity index (χ1) is 9.56. The number of hydrogen-bond acceptors (Lipinski definition) is 3. The van der Waals surface area contributed by atoms with Crippen LogP contribution in [0.4, 0.5) is 0 Å². The van der Waals surface area contributed by atoms with E-state index in [2.05, 4.69) is 43.6 Å². The predicted octanol–water partition coefficient (Wildman–Crippen LogP) is 3.22. The molecule has 1 aromatic carbocycles. The molecule has 1 rings (SSSR count). The molecule has 0 bridgehead atoms. The van der Waals surface area contributed by atoms with Crippen LogP contribution in [-0.2, 0) is 0 Å². The zero-order valence-electron chi connectivity index (χ0n) is 12.7. The van der Waals surface area contributed by atoms with Crippen molar-refractivity contribution in [3.8, 4) is 0 Å². The van der Waals surface area contributed by atoms with Gasteiger partial charge >= 0.3 is 0 Å². The molecule has 0 aromatic heterocycles. The molecule has 20 heavy (non-hydrogen) atoms. The van der Waals surface area contributed by atoms with E-state index in [1.807, 2.05) is 18.2 Å². The number of carbonyl (C=O) groups excluding carboxylic acids is 1. The summed E-state index contributed by atoms with van der Waals surface area (Å²) in [6.07, 6.45) is 2.11. The predicted molar refractivity (Wildman–Crippen MR) is 87.6 cm³/mol. The molecule has 4 heteroatoms. The highest BCUT2D eigenvalue weighted by Gasteiger charge is 2.10. The van der Waals surface area contributed by atoms with Crippen molar-refractivity contribution in [2.24, 2.45) is 0 Å². The van der Waals surface area contributed by atoms with Crippen LogP contribution in [0.15, 0.2) is 29.2 Å². The number of rotatable bonds is 8. The Hall–Kier alpha value is -1.00. The topological polar surface area (TPSA) is 32.3 Å². The molecule has 3 nitrogen and oxygen atoms in total. The Bertz CT molecular complexity index is 419. The van der Waals surface area contributed by atoms with E-state index in [4.69, 9.17) is 0 Å². The van der Waals surface area contributed by atoms with Crippen LogP contribution in [0.1, 0.15) is 44.0 Å². The average molecular weight is 294 g/mol. The zero-order chi connectivity index (χ0) is 15.0. The summed E-state index contributed by atoms with van der Waals surface area (Å²) in [4.78, 5) is 15.3. The van der Waals surface area contributed by atoms with Gasteiger partial charge in [-0.3, -0.25) is 4.79 Å². The number of nitrogens with zero attached hydrogens (tertiary/aromatic N) is 1. The number of hydrogen-bond donors (Lipinski definition) is 2. The molecule has 0 radical (unpaired) electrons. The lowest BCUT2D eigenvalue weighted by Gasteiger charge is -2.19. The quantitative estimate of drug-likeness (QED) is 0.722. The van der Waals surface area contributed by atoms with E-state index in [0.717, 1.165) is 37.4 Å². The maximum Gasteiger partial charge on any atom is 0.251 e. The highest BCUT2D eigenvalue weighted by atomic mass is 32.1. The van der Waals surface area contributed by atoms with Gasteiger partial charge in [0, 0.05) is 16.5 Å². The zero-order valence-corrected chi connectivity index (χ0v) is 13.6. The number of benzene rings is 1. The van der Waals surface area contributed by atoms with E-state index in [9.17, 15) is 4.79 Å². The van der Waals surface area contributed by atoms with Gasteiger partial charge in [0.2, 0.25) is 0 Å². The minimum Gasteiger partial charge on any atom is -0.350 e. The Morgan fingerprint density at radius 2 is 2.05 bits per heavy atom. The summed E-state index contributed by atoms with van der Waals surface area (Å²) in [6.45, 7) is 9.69. The Kier molecular flexibility index (Phi) is 7.70. The van der Waals surface area contributed by atoms with E-state index in [0.29, 0.717) is 5.56 Å². The highest BCUT2D eigenvalue weighted by molar-refractivity contribution is 7.80. The Morgan fingerprint density at radius 3 is 2.65 bits per heavy atom. The molecule has 1 amide bonds. The van der Waals surface area contributed by atoms with Crippen molar-refractivity contribution in [1.29, 1.82) is 0 Å². The van der Waals surface area contributed by atoms with Gasteiger partial charge in [0.05, 0.1) is 0 Å². The van der Waals surface area contributed by atoms with Crippen LogP contribution in [-0.4, -0.2) is 36.5 Å². The fourth-order valence-corrected chi connectivity index (χ4v) is 2.41. The highest BCUT2D eigenvalue weighted by Crippen LogP contribution is 2.09. The molecule has 1 aromatic rings. The fraction of sp³-hybridized carbons (Fsp3) is 0.562. The largest absolute Gasteiger partial charge is 0.350 e. The molecule has 0 heterocycles. The van der Waals surface area contributed by atoms with E-state index in [1.165, 1.54) is 0 Å². The standard InChI is InChI=1S/C16H26N2OS/c1-4-18(5-2)11-7-8-13(3)17-16(19)14-9-6-10-15(20)12-14/h6,9-10,12-13,20H,4-5,7-8,11H2,1-3H3,(H,17,19). The lowest BCUT2D eigenvalue weighted by molar-refractivity contribution is 0.0937. The van der Waals surface area contributed by atoms with Crippen molar-refractivity contribution in [3.63, 3.8) is 0 Å². The summed E-state index contributed by atoms with van der Waals surface area (Å²) >= 11 is 4.25. The third kappa shape index (κ3) is 5.97. The van der Waals surface area contributed by atoms with Crippen LogP contribution in [0.3, 0.4) is 0 Å². The first-order valence-corrected chi connectivity index (χ1v) is 7.83. The average Bonchev–Trinajstić information content (AvgIpc) is 2.43. The summed E-state index contributed by atoms with van der Waals surface area (Å²) in [7, 11) is 0. The first-order valence-electron chi connectivity index (χ1n) is 7.39. The molecule has 0 spiro atoms. The van der Waals surface area contributed by atoms with Crippen LogP contribution >= 0.6 is 12.6 Å². The molecule has 1 N–H and O–H groups in total. The molecule has 0 aliphatic rings. The third-order valence-electron chi connectivity index (χ3n) is 3.49. The smallest absolute Gasteiger partial charge is 0.251 e. The summed E-state index contributed by atoms with van der Waals surface area (Å²) in [6, 6.07) is 7.52. The number of nitrogens with one attached hydrogen (secondary N) is 1. The van der Waals surface area contributed by atoms with Gasteiger partial charge < -0.3 is 10.2 Å². The van der Waals surface area contributed by atoms with Gasteiger partial charge in [-0.2, -0.15) is 0 Å². The molecular weight excluding hydrogens is 268 g/mol.